The third-order valence-electron chi connectivity index (χ3n) is 2.69. The van der Waals surface area contributed by atoms with Gasteiger partial charge in [0, 0.05) is 6.54 Å². The molecular weight excluding hydrogens is 229 g/mol. The predicted molar refractivity (Wildman–Crippen MR) is 70.6 cm³/mol. The fourth-order valence-electron chi connectivity index (χ4n) is 1.68. The summed E-state index contributed by atoms with van der Waals surface area (Å²) in [4.78, 5) is 2.17. The fourth-order valence-corrected chi connectivity index (χ4v) is 1.68. The molecule has 0 amide bonds. The van der Waals surface area contributed by atoms with Gasteiger partial charge in [0.25, 0.3) is 0 Å². The molecule has 1 rings (SSSR count). The van der Waals surface area contributed by atoms with Gasteiger partial charge in [0.2, 0.25) is 0 Å². The second-order valence-corrected chi connectivity index (χ2v) is 4.61. The number of nitrogens with zero attached hydrogens (tertiary/aromatic N) is 2. The van der Waals surface area contributed by atoms with Gasteiger partial charge in [0.05, 0.1) is 5.56 Å². The zero-order valence-corrected chi connectivity index (χ0v) is 11.0. The third kappa shape index (κ3) is 5.26. The zero-order chi connectivity index (χ0) is 13.4. The first-order chi connectivity index (χ1) is 8.63. The van der Waals surface area contributed by atoms with E-state index < -0.39 is 5.82 Å². The minimum absolute atomic E-state index is 0.113. The standard InChI is InChI=1S/C14H20FN3/c1-18(2)8-4-3-7-17-11-12-5-6-14(15)13(9-12)10-16/h5-6,9,17H,3-4,7-8,11H2,1-2H3. The summed E-state index contributed by atoms with van der Waals surface area (Å²) in [5.41, 5.74) is 1.06. The van der Waals surface area contributed by atoms with Crippen LogP contribution in [0.15, 0.2) is 18.2 Å². The largest absolute Gasteiger partial charge is 0.313 e. The van der Waals surface area contributed by atoms with Gasteiger partial charge in [0.1, 0.15) is 11.9 Å². The smallest absolute Gasteiger partial charge is 0.140 e. The molecule has 0 saturated heterocycles. The molecule has 1 N–H and O–H groups in total. The molecular formula is C14H20FN3. The highest BCUT2D eigenvalue weighted by molar-refractivity contribution is 5.34. The van der Waals surface area contributed by atoms with Gasteiger partial charge in [0.15, 0.2) is 0 Å². The molecule has 0 atom stereocenters. The van der Waals surface area contributed by atoms with Crippen molar-refractivity contribution < 1.29 is 4.39 Å². The van der Waals surface area contributed by atoms with Crippen molar-refractivity contribution in [1.29, 1.82) is 5.26 Å². The molecule has 3 nitrogen and oxygen atoms in total. The molecule has 0 aliphatic carbocycles. The normalized spacial score (nSPS) is 10.6. The summed E-state index contributed by atoms with van der Waals surface area (Å²) in [6.07, 6.45) is 2.28. The van der Waals surface area contributed by atoms with Gasteiger partial charge in [-0.3, -0.25) is 0 Å². The predicted octanol–water partition coefficient (Wildman–Crippen LogP) is 2.13. The summed E-state index contributed by atoms with van der Waals surface area (Å²) < 4.78 is 13.1. The van der Waals surface area contributed by atoms with Gasteiger partial charge in [-0.1, -0.05) is 6.07 Å². The summed E-state index contributed by atoms with van der Waals surface area (Å²) in [5, 5.41) is 12.0. The SMILES string of the molecule is CN(C)CCCCNCc1ccc(F)c(C#N)c1. The quantitative estimate of drug-likeness (QED) is 0.752. The van der Waals surface area contributed by atoms with E-state index in [1.54, 1.807) is 12.1 Å². The van der Waals surface area contributed by atoms with Crippen molar-refractivity contribution in [3.05, 3.63) is 35.1 Å². The zero-order valence-electron chi connectivity index (χ0n) is 11.0. The van der Waals surface area contributed by atoms with Gasteiger partial charge in [-0.2, -0.15) is 5.26 Å². The van der Waals surface area contributed by atoms with Crippen molar-refractivity contribution in [2.75, 3.05) is 27.2 Å². The van der Waals surface area contributed by atoms with E-state index >= 15 is 0 Å². The Morgan fingerprint density at radius 2 is 2.11 bits per heavy atom. The van der Waals surface area contributed by atoms with Crippen LogP contribution in [-0.4, -0.2) is 32.1 Å². The summed E-state index contributed by atoms with van der Waals surface area (Å²) in [6.45, 7) is 2.71. The van der Waals surface area contributed by atoms with Crippen LogP contribution in [-0.2, 0) is 6.54 Å². The Kier molecular flexibility index (Phi) is 6.34. The van der Waals surface area contributed by atoms with Gasteiger partial charge >= 0.3 is 0 Å². The van der Waals surface area contributed by atoms with E-state index in [2.05, 4.69) is 24.3 Å². The first-order valence-corrected chi connectivity index (χ1v) is 6.17. The number of unbranched alkanes of at least 4 members (excludes halogenated alkanes) is 1. The second kappa shape index (κ2) is 7.80. The lowest BCUT2D eigenvalue weighted by atomic mass is 10.1. The van der Waals surface area contributed by atoms with E-state index in [0.29, 0.717) is 6.54 Å². The molecule has 0 aromatic heterocycles. The Morgan fingerprint density at radius 1 is 1.33 bits per heavy atom. The van der Waals surface area contributed by atoms with Gasteiger partial charge in [-0.15, -0.1) is 0 Å². The number of nitrogens with one attached hydrogen (secondary N) is 1. The van der Waals surface area contributed by atoms with Crippen molar-refractivity contribution in [1.82, 2.24) is 10.2 Å². The lowest BCUT2D eigenvalue weighted by Gasteiger charge is -2.09. The van der Waals surface area contributed by atoms with Crippen LogP contribution >= 0.6 is 0 Å². The Bertz CT molecular complexity index is 410. The van der Waals surface area contributed by atoms with Crippen molar-refractivity contribution >= 4 is 0 Å². The van der Waals surface area contributed by atoms with Crippen LogP contribution in [0, 0.1) is 17.1 Å². The van der Waals surface area contributed by atoms with Gasteiger partial charge < -0.3 is 10.2 Å². The van der Waals surface area contributed by atoms with Crippen molar-refractivity contribution in [3.63, 3.8) is 0 Å². The van der Waals surface area contributed by atoms with Crippen LogP contribution in [0.4, 0.5) is 4.39 Å². The average Bonchev–Trinajstić information content (AvgIpc) is 2.35. The monoisotopic (exact) mass is 249 g/mol. The molecule has 4 heteroatoms. The summed E-state index contributed by atoms with van der Waals surface area (Å²) in [5.74, 6) is -0.452. The molecule has 1 aromatic rings. The molecule has 0 heterocycles. The maximum absolute atomic E-state index is 13.1. The number of hydrogen-bond acceptors (Lipinski definition) is 3. The van der Waals surface area contributed by atoms with E-state index in [0.717, 1.165) is 31.5 Å². The Morgan fingerprint density at radius 3 is 2.78 bits per heavy atom. The van der Waals surface area contributed by atoms with E-state index in [1.165, 1.54) is 6.07 Å². The molecule has 0 radical (unpaired) electrons. The highest BCUT2D eigenvalue weighted by Gasteiger charge is 2.02. The highest BCUT2D eigenvalue weighted by atomic mass is 19.1. The maximum atomic E-state index is 13.1. The Hall–Kier alpha value is -1.44. The molecule has 98 valence electrons. The lowest BCUT2D eigenvalue weighted by Crippen LogP contribution is -2.18. The molecule has 0 saturated carbocycles. The van der Waals surface area contributed by atoms with Crippen molar-refractivity contribution in [3.8, 4) is 6.07 Å². The van der Waals surface area contributed by atoms with Crippen LogP contribution in [0.2, 0.25) is 0 Å². The minimum Gasteiger partial charge on any atom is -0.313 e. The van der Waals surface area contributed by atoms with Crippen LogP contribution in [0.3, 0.4) is 0 Å². The summed E-state index contributed by atoms with van der Waals surface area (Å²) in [7, 11) is 4.13. The van der Waals surface area contributed by atoms with E-state index in [-0.39, 0.29) is 5.56 Å². The molecule has 0 aliphatic heterocycles. The highest BCUT2D eigenvalue weighted by Crippen LogP contribution is 2.09. The van der Waals surface area contributed by atoms with E-state index in [1.807, 2.05) is 6.07 Å². The molecule has 0 unspecified atom stereocenters. The number of halogens is 1. The number of hydrogen-bond donors (Lipinski definition) is 1. The lowest BCUT2D eigenvalue weighted by molar-refractivity contribution is 0.391. The number of benzene rings is 1. The van der Waals surface area contributed by atoms with Gasteiger partial charge in [-0.05, 0) is 57.7 Å². The molecule has 18 heavy (non-hydrogen) atoms. The van der Waals surface area contributed by atoms with Crippen LogP contribution in [0.5, 0.6) is 0 Å². The van der Waals surface area contributed by atoms with Crippen molar-refractivity contribution in [2.45, 2.75) is 19.4 Å². The van der Waals surface area contributed by atoms with E-state index in [4.69, 9.17) is 5.26 Å². The molecule has 0 aliphatic rings. The average molecular weight is 249 g/mol. The molecule has 0 spiro atoms. The Labute approximate surface area is 108 Å². The van der Waals surface area contributed by atoms with Gasteiger partial charge in [-0.25, -0.2) is 4.39 Å². The first-order valence-electron chi connectivity index (χ1n) is 6.17. The first kappa shape index (κ1) is 14.6. The third-order valence-corrected chi connectivity index (χ3v) is 2.69. The van der Waals surface area contributed by atoms with Crippen molar-refractivity contribution in [2.24, 2.45) is 0 Å². The van der Waals surface area contributed by atoms with E-state index in [9.17, 15) is 4.39 Å². The minimum atomic E-state index is -0.452. The van der Waals surface area contributed by atoms with Crippen LogP contribution in [0.25, 0.3) is 0 Å². The van der Waals surface area contributed by atoms with Crippen LogP contribution < -0.4 is 5.32 Å². The maximum Gasteiger partial charge on any atom is 0.140 e. The number of nitriles is 1. The van der Waals surface area contributed by atoms with Crippen LogP contribution in [0.1, 0.15) is 24.0 Å². The molecule has 0 bridgehead atoms. The molecule has 1 aromatic carbocycles. The topological polar surface area (TPSA) is 39.1 Å². The fraction of sp³-hybridized carbons (Fsp3) is 0.500. The number of rotatable bonds is 7. The summed E-state index contributed by atoms with van der Waals surface area (Å²) >= 11 is 0. The second-order valence-electron chi connectivity index (χ2n) is 4.61. The summed E-state index contributed by atoms with van der Waals surface area (Å²) in [6, 6.07) is 6.51. The Balaban J connectivity index is 2.26. The molecule has 0 fully saturated rings.